The van der Waals surface area contributed by atoms with Crippen molar-refractivity contribution in [2.75, 3.05) is 0 Å². The maximum Gasteiger partial charge on any atom is 0.123 e. The molecule has 21 heavy (non-hydrogen) atoms. The molecule has 2 aromatic carbocycles. The van der Waals surface area contributed by atoms with Crippen molar-refractivity contribution in [2.24, 2.45) is 0 Å². The molecule has 2 aromatic rings. The van der Waals surface area contributed by atoms with E-state index in [1.165, 1.54) is 6.07 Å². The van der Waals surface area contributed by atoms with Crippen molar-refractivity contribution in [3.8, 4) is 0 Å². The van der Waals surface area contributed by atoms with Crippen molar-refractivity contribution in [2.45, 2.75) is 18.4 Å². The summed E-state index contributed by atoms with van der Waals surface area (Å²) in [6, 6.07) is 7.82. The minimum Gasteiger partial charge on any atom is -0.568 e. The summed E-state index contributed by atoms with van der Waals surface area (Å²) in [5, 5.41) is 0. The van der Waals surface area contributed by atoms with Crippen LogP contribution in [-0.4, -0.2) is 8.42 Å². The van der Waals surface area contributed by atoms with Gasteiger partial charge in [-0.05, 0) is 30.7 Å². The molecular formula is C14H14F2N2O2S. The molecule has 3 N–H and O–H groups in total. The Morgan fingerprint density at radius 3 is 2.33 bits per heavy atom. The Balaban J connectivity index is 2.48. The summed E-state index contributed by atoms with van der Waals surface area (Å²) in [7, 11) is -4.20. The number of hydrogen-bond acceptors (Lipinski definition) is 2. The Labute approximate surface area is 121 Å². The molecule has 0 heterocycles. The summed E-state index contributed by atoms with van der Waals surface area (Å²) in [5.74, 6) is -2.05. The van der Waals surface area contributed by atoms with Gasteiger partial charge in [-0.2, -0.15) is 0 Å². The summed E-state index contributed by atoms with van der Waals surface area (Å²) in [6.07, 6.45) is 0. The third-order valence-electron chi connectivity index (χ3n) is 2.97. The summed E-state index contributed by atoms with van der Waals surface area (Å²) < 4.78 is 54.9. The SMILES string of the molecule is Cc1ccc(C[NH3+])cc1S(=O)(=O)[N-]c1c(F)cccc1F. The van der Waals surface area contributed by atoms with Crippen LogP contribution in [0.2, 0.25) is 0 Å². The third-order valence-corrected chi connectivity index (χ3v) is 4.39. The van der Waals surface area contributed by atoms with Gasteiger partial charge in [0.15, 0.2) is 0 Å². The molecule has 0 atom stereocenters. The first-order chi connectivity index (χ1) is 9.85. The molecule has 7 heteroatoms. The van der Waals surface area contributed by atoms with Gasteiger partial charge in [0.1, 0.15) is 21.7 Å². The minimum atomic E-state index is -4.20. The van der Waals surface area contributed by atoms with Gasteiger partial charge in [-0.15, -0.1) is 0 Å². The zero-order valence-electron chi connectivity index (χ0n) is 11.3. The van der Waals surface area contributed by atoms with Gasteiger partial charge in [0.25, 0.3) is 0 Å². The zero-order chi connectivity index (χ0) is 15.6. The average molecular weight is 312 g/mol. The Bertz CT molecular complexity index is 756. The Kier molecular flexibility index (Phi) is 4.24. The van der Waals surface area contributed by atoms with Gasteiger partial charge in [0.2, 0.25) is 0 Å². The normalized spacial score (nSPS) is 11.4. The van der Waals surface area contributed by atoms with Gasteiger partial charge < -0.3 is 10.5 Å². The summed E-state index contributed by atoms with van der Waals surface area (Å²) in [5.41, 5.74) is 4.02. The van der Waals surface area contributed by atoms with Crippen molar-refractivity contribution in [3.05, 3.63) is 63.9 Å². The molecule has 0 spiro atoms. The van der Waals surface area contributed by atoms with E-state index in [-0.39, 0.29) is 4.90 Å². The first kappa shape index (κ1) is 15.4. The first-order valence-electron chi connectivity index (χ1n) is 6.16. The number of hydrogen-bond donors (Lipinski definition) is 1. The van der Waals surface area contributed by atoms with E-state index in [0.29, 0.717) is 17.7 Å². The maximum absolute atomic E-state index is 13.5. The fraction of sp³-hybridized carbons (Fsp3) is 0.143. The number of nitrogens with zero attached hydrogens (tertiary/aromatic N) is 1. The van der Waals surface area contributed by atoms with Crippen LogP contribution in [0, 0.1) is 18.6 Å². The van der Waals surface area contributed by atoms with Gasteiger partial charge >= 0.3 is 0 Å². The Hall–Kier alpha value is -1.99. The van der Waals surface area contributed by atoms with Gasteiger partial charge in [-0.25, -0.2) is 17.2 Å². The lowest BCUT2D eigenvalue weighted by Gasteiger charge is -2.24. The van der Waals surface area contributed by atoms with Crippen molar-refractivity contribution < 1.29 is 22.9 Å². The van der Waals surface area contributed by atoms with Crippen LogP contribution < -0.4 is 5.73 Å². The molecule has 0 radical (unpaired) electrons. The van der Waals surface area contributed by atoms with Gasteiger partial charge in [0, 0.05) is 5.56 Å². The maximum atomic E-state index is 13.5. The van der Waals surface area contributed by atoms with Crippen LogP contribution in [0.1, 0.15) is 11.1 Å². The fourth-order valence-electron chi connectivity index (χ4n) is 1.82. The van der Waals surface area contributed by atoms with Crippen LogP contribution in [-0.2, 0) is 16.6 Å². The molecule has 0 aliphatic carbocycles. The molecule has 4 nitrogen and oxygen atoms in total. The van der Waals surface area contributed by atoms with E-state index in [1.807, 2.05) is 0 Å². The highest BCUT2D eigenvalue weighted by Crippen LogP contribution is 2.33. The molecule has 2 rings (SSSR count). The largest absolute Gasteiger partial charge is 0.568 e. The zero-order valence-corrected chi connectivity index (χ0v) is 12.1. The van der Waals surface area contributed by atoms with E-state index in [1.54, 1.807) is 19.1 Å². The number of benzene rings is 2. The lowest BCUT2D eigenvalue weighted by molar-refractivity contribution is -0.386. The Morgan fingerprint density at radius 2 is 1.76 bits per heavy atom. The van der Waals surface area contributed by atoms with E-state index in [4.69, 9.17) is 0 Å². The second-order valence-corrected chi connectivity index (χ2v) is 6.06. The molecule has 0 amide bonds. The topological polar surface area (TPSA) is 75.9 Å². The lowest BCUT2D eigenvalue weighted by atomic mass is 10.1. The minimum absolute atomic E-state index is 0.0775. The summed E-state index contributed by atoms with van der Waals surface area (Å²) in [4.78, 5) is -0.0775. The van der Waals surface area contributed by atoms with Crippen molar-refractivity contribution in [3.63, 3.8) is 0 Å². The van der Waals surface area contributed by atoms with Crippen LogP contribution in [0.25, 0.3) is 4.72 Å². The Morgan fingerprint density at radius 1 is 1.14 bits per heavy atom. The number of rotatable bonds is 4. The third kappa shape index (κ3) is 3.20. The van der Waals surface area contributed by atoms with E-state index >= 15 is 0 Å². The molecule has 0 saturated carbocycles. The molecule has 0 aliphatic heterocycles. The average Bonchev–Trinajstić information content (AvgIpc) is 2.43. The highest BCUT2D eigenvalue weighted by atomic mass is 32.2. The number of quaternary nitrogens is 1. The van der Waals surface area contributed by atoms with Crippen molar-refractivity contribution >= 4 is 15.7 Å². The molecule has 0 saturated heterocycles. The second-order valence-electron chi connectivity index (χ2n) is 4.49. The van der Waals surface area contributed by atoms with Crippen LogP contribution in [0.5, 0.6) is 0 Å². The van der Waals surface area contributed by atoms with Gasteiger partial charge in [-0.1, -0.05) is 23.9 Å². The first-order valence-corrected chi connectivity index (χ1v) is 7.60. The lowest BCUT2D eigenvalue weighted by Crippen LogP contribution is -2.47. The smallest absolute Gasteiger partial charge is 0.123 e. The van der Waals surface area contributed by atoms with Crippen LogP contribution in [0.3, 0.4) is 0 Å². The van der Waals surface area contributed by atoms with E-state index in [2.05, 4.69) is 10.5 Å². The molecular weight excluding hydrogens is 298 g/mol. The van der Waals surface area contributed by atoms with Crippen LogP contribution in [0.15, 0.2) is 41.3 Å². The molecule has 0 aromatic heterocycles. The second kappa shape index (κ2) is 5.79. The van der Waals surface area contributed by atoms with E-state index in [9.17, 15) is 17.2 Å². The molecule has 112 valence electrons. The standard InChI is InChI=1S/C14H13F2N2O2S/c1-9-5-6-10(8-17)7-13(9)21(19,20)18-14-11(15)3-2-4-12(14)16/h2-7H,8,17H2,1H3/q-1/p+1. The van der Waals surface area contributed by atoms with Crippen LogP contribution >= 0.6 is 0 Å². The fourth-order valence-corrected chi connectivity index (χ4v) is 3.11. The van der Waals surface area contributed by atoms with Gasteiger partial charge in [0.05, 0.1) is 11.4 Å². The number of sulfonamides is 1. The monoisotopic (exact) mass is 312 g/mol. The predicted molar refractivity (Wildman–Crippen MR) is 74.3 cm³/mol. The molecule has 0 unspecified atom stereocenters. The van der Waals surface area contributed by atoms with Crippen LogP contribution in [0.4, 0.5) is 14.5 Å². The molecule has 0 fully saturated rings. The summed E-state index contributed by atoms with van der Waals surface area (Å²) >= 11 is 0. The number of aryl methyl sites for hydroxylation is 1. The van der Waals surface area contributed by atoms with Crippen molar-refractivity contribution in [1.29, 1.82) is 0 Å². The number of halogens is 2. The predicted octanol–water partition coefficient (Wildman–Crippen LogP) is 2.41. The van der Waals surface area contributed by atoms with Gasteiger partial charge in [-0.3, -0.25) is 0 Å². The van der Waals surface area contributed by atoms with E-state index in [0.717, 1.165) is 18.2 Å². The molecule has 0 aliphatic rings. The van der Waals surface area contributed by atoms with E-state index < -0.39 is 27.3 Å². The highest BCUT2D eigenvalue weighted by Gasteiger charge is 2.12. The molecule has 0 bridgehead atoms. The van der Waals surface area contributed by atoms with Crippen molar-refractivity contribution in [1.82, 2.24) is 0 Å². The summed E-state index contributed by atoms with van der Waals surface area (Å²) in [6.45, 7) is 1.99. The highest BCUT2D eigenvalue weighted by molar-refractivity contribution is 7.94. The quantitative estimate of drug-likeness (QED) is 0.941.